The van der Waals surface area contributed by atoms with E-state index in [0.29, 0.717) is 29.4 Å². The Morgan fingerprint density at radius 1 is 1.30 bits per heavy atom. The van der Waals surface area contributed by atoms with Crippen molar-refractivity contribution in [2.24, 2.45) is 0 Å². The Balaban J connectivity index is 1.54. The number of carbonyl (C=O) groups is 1. The normalized spacial score (nSPS) is 17.1. The number of imidazole rings is 1. The predicted molar refractivity (Wildman–Crippen MR) is 109 cm³/mol. The monoisotopic (exact) mass is 429 g/mol. The highest BCUT2D eigenvalue weighted by Gasteiger charge is 2.35. The van der Waals surface area contributed by atoms with Crippen LogP contribution >= 0.6 is 11.6 Å². The zero-order chi connectivity index (χ0) is 21.3. The first-order valence-electron chi connectivity index (χ1n) is 9.43. The molecule has 0 aliphatic carbocycles. The molecule has 0 bridgehead atoms. The van der Waals surface area contributed by atoms with E-state index < -0.39 is 6.09 Å². The van der Waals surface area contributed by atoms with Gasteiger partial charge in [-0.15, -0.1) is 10.2 Å². The average Bonchev–Trinajstić information content (AvgIpc) is 3.35. The van der Waals surface area contributed by atoms with Crippen LogP contribution in [-0.2, 0) is 4.74 Å². The Morgan fingerprint density at radius 2 is 2.13 bits per heavy atom. The summed E-state index contributed by atoms with van der Waals surface area (Å²) in [7, 11) is 0. The van der Waals surface area contributed by atoms with Crippen LogP contribution in [0.4, 0.5) is 16.7 Å². The molecule has 4 rings (SSSR count). The number of cyclic esters (lactones) is 1. The van der Waals surface area contributed by atoms with Gasteiger partial charge in [0.15, 0.2) is 11.0 Å². The highest BCUT2D eigenvalue weighted by molar-refractivity contribution is 6.29. The number of hydrogen-bond acceptors (Lipinski definition) is 9. The molecule has 3 aromatic heterocycles. The van der Waals surface area contributed by atoms with E-state index in [-0.39, 0.29) is 18.0 Å². The van der Waals surface area contributed by atoms with Crippen molar-refractivity contribution in [1.29, 1.82) is 0 Å². The lowest BCUT2D eigenvalue weighted by Gasteiger charge is -2.19. The zero-order valence-corrected chi connectivity index (χ0v) is 17.4. The molecule has 1 saturated heterocycles. The highest BCUT2D eigenvalue weighted by atomic mass is 35.5. The fourth-order valence-corrected chi connectivity index (χ4v) is 3.15. The van der Waals surface area contributed by atoms with Crippen molar-refractivity contribution in [1.82, 2.24) is 34.7 Å². The minimum atomic E-state index is -0.450. The summed E-state index contributed by atoms with van der Waals surface area (Å²) in [6.07, 6.45) is 3.76. The van der Waals surface area contributed by atoms with E-state index in [0.717, 1.165) is 12.1 Å². The summed E-state index contributed by atoms with van der Waals surface area (Å²) in [6.45, 7) is 5.98. The highest BCUT2D eigenvalue weighted by Crippen LogP contribution is 2.23. The quantitative estimate of drug-likeness (QED) is 0.629. The van der Waals surface area contributed by atoms with Crippen LogP contribution < -0.4 is 10.2 Å². The Hall–Kier alpha value is -3.34. The molecule has 1 aliphatic heterocycles. The van der Waals surface area contributed by atoms with Crippen LogP contribution in [0.2, 0.25) is 5.15 Å². The number of anilines is 2. The summed E-state index contributed by atoms with van der Waals surface area (Å²) in [5.41, 5.74) is 0.749. The number of ether oxygens (including phenoxy) is 1. The van der Waals surface area contributed by atoms with Gasteiger partial charge < -0.3 is 10.1 Å². The molecular weight excluding hydrogens is 410 g/mol. The van der Waals surface area contributed by atoms with E-state index >= 15 is 0 Å². The van der Waals surface area contributed by atoms with Crippen LogP contribution in [0.15, 0.2) is 24.7 Å². The second kappa shape index (κ2) is 8.19. The van der Waals surface area contributed by atoms with Crippen molar-refractivity contribution in [2.45, 2.75) is 39.3 Å². The van der Waals surface area contributed by atoms with Crippen LogP contribution in [0, 0.1) is 6.92 Å². The van der Waals surface area contributed by atoms with Crippen LogP contribution in [0.25, 0.3) is 5.82 Å². The zero-order valence-electron chi connectivity index (χ0n) is 16.7. The van der Waals surface area contributed by atoms with Gasteiger partial charge in [0.25, 0.3) is 0 Å². The van der Waals surface area contributed by atoms with Crippen LogP contribution in [0.1, 0.15) is 37.8 Å². The molecule has 4 heterocycles. The molecule has 12 heteroatoms. The minimum Gasteiger partial charge on any atom is -0.447 e. The van der Waals surface area contributed by atoms with Gasteiger partial charge in [-0.3, -0.25) is 4.57 Å². The van der Waals surface area contributed by atoms with Crippen LogP contribution in [0.3, 0.4) is 0 Å². The number of nitrogens with zero attached hydrogens (tertiary/aromatic N) is 8. The fraction of sp³-hybridized carbons (Fsp3) is 0.389. The van der Waals surface area contributed by atoms with E-state index in [2.05, 4.69) is 35.5 Å². The third-order valence-corrected chi connectivity index (χ3v) is 4.86. The lowest BCUT2D eigenvalue weighted by Crippen LogP contribution is -2.34. The molecule has 30 heavy (non-hydrogen) atoms. The van der Waals surface area contributed by atoms with Crippen LogP contribution in [0.5, 0.6) is 0 Å². The fourth-order valence-electron chi connectivity index (χ4n) is 3.05. The van der Waals surface area contributed by atoms with Crippen molar-refractivity contribution in [2.75, 3.05) is 16.8 Å². The molecule has 1 fully saturated rings. The van der Waals surface area contributed by atoms with Crippen molar-refractivity contribution in [3.63, 3.8) is 0 Å². The number of carbonyl (C=O) groups excluding carboxylic acids is 1. The molecule has 0 spiro atoms. The molecule has 11 nitrogen and oxygen atoms in total. The van der Waals surface area contributed by atoms with E-state index in [1.807, 2.05) is 20.0 Å². The minimum absolute atomic E-state index is 0.0965. The summed E-state index contributed by atoms with van der Waals surface area (Å²) in [5.74, 6) is 1.71. The number of nitrogens with one attached hydrogen (secondary N) is 1. The maximum absolute atomic E-state index is 12.1. The van der Waals surface area contributed by atoms with E-state index in [1.54, 1.807) is 30.0 Å². The van der Waals surface area contributed by atoms with Gasteiger partial charge in [-0.05, 0) is 32.4 Å². The summed E-state index contributed by atoms with van der Waals surface area (Å²) in [4.78, 5) is 31.1. The average molecular weight is 430 g/mol. The van der Waals surface area contributed by atoms with Crippen molar-refractivity contribution < 1.29 is 9.53 Å². The Kier molecular flexibility index (Phi) is 5.44. The number of aryl methyl sites for hydroxylation is 1. The predicted octanol–water partition coefficient (Wildman–Crippen LogP) is 2.72. The molecule has 2 atom stereocenters. The number of halogens is 1. The second-order valence-corrected chi connectivity index (χ2v) is 7.19. The molecule has 1 amide bonds. The van der Waals surface area contributed by atoms with E-state index in [4.69, 9.17) is 16.3 Å². The Morgan fingerprint density at radius 3 is 2.87 bits per heavy atom. The second-order valence-electron chi connectivity index (χ2n) is 6.80. The maximum atomic E-state index is 12.1. The number of rotatable bonds is 6. The van der Waals surface area contributed by atoms with E-state index in [1.165, 1.54) is 4.90 Å². The molecule has 0 saturated carbocycles. The SMILES string of the molecule is CC[C@H]1COC(=O)N1c1nc(C)nc(N[C@@H](C)c2cn(-c3ccc(Cl)nn3)cn2)n1. The molecule has 3 aromatic rings. The molecule has 0 unspecified atom stereocenters. The first-order valence-corrected chi connectivity index (χ1v) is 9.81. The van der Waals surface area contributed by atoms with Gasteiger partial charge >= 0.3 is 6.09 Å². The summed E-state index contributed by atoms with van der Waals surface area (Å²) in [5, 5.41) is 11.4. The van der Waals surface area contributed by atoms with Gasteiger partial charge in [0.2, 0.25) is 11.9 Å². The third-order valence-electron chi connectivity index (χ3n) is 4.66. The maximum Gasteiger partial charge on any atom is 0.417 e. The largest absolute Gasteiger partial charge is 0.447 e. The topological polar surface area (TPSA) is 124 Å². The third kappa shape index (κ3) is 4.01. The lowest BCUT2D eigenvalue weighted by atomic mass is 10.2. The Labute approximate surface area is 177 Å². The molecule has 1 aliphatic rings. The van der Waals surface area contributed by atoms with E-state index in [9.17, 15) is 4.79 Å². The summed E-state index contributed by atoms with van der Waals surface area (Å²) < 4.78 is 6.88. The van der Waals surface area contributed by atoms with Gasteiger partial charge in [0.1, 0.15) is 18.8 Å². The molecule has 1 N–H and O–H groups in total. The first-order chi connectivity index (χ1) is 14.4. The van der Waals surface area contributed by atoms with Gasteiger partial charge in [-0.2, -0.15) is 15.0 Å². The van der Waals surface area contributed by atoms with Crippen molar-refractivity contribution in [3.8, 4) is 5.82 Å². The van der Waals surface area contributed by atoms with Crippen molar-refractivity contribution in [3.05, 3.63) is 41.3 Å². The molecule has 0 radical (unpaired) electrons. The standard InChI is InChI=1S/C18H20ClN9O2/c1-4-12-8-30-18(29)28(12)17-23-11(3)22-16(24-17)21-10(2)13-7-27(9-20-13)15-6-5-14(19)25-26-15/h5-7,9-10,12H,4,8H2,1-3H3,(H,21,22,23,24)/t10-,12-/m0/s1. The van der Waals surface area contributed by atoms with Gasteiger partial charge in [-0.25, -0.2) is 14.7 Å². The number of amides is 1. The number of aromatic nitrogens is 7. The van der Waals surface area contributed by atoms with Gasteiger partial charge in [-0.1, -0.05) is 18.5 Å². The smallest absolute Gasteiger partial charge is 0.417 e. The summed E-state index contributed by atoms with van der Waals surface area (Å²) in [6, 6.07) is 3.10. The lowest BCUT2D eigenvalue weighted by molar-refractivity contribution is 0.178. The Bertz CT molecular complexity index is 1060. The molecule has 156 valence electrons. The number of hydrogen-bond donors (Lipinski definition) is 1. The molecule has 0 aromatic carbocycles. The first kappa shape index (κ1) is 20.0. The summed E-state index contributed by atoms with van der Waals surface area (Å²) >= 11 is 5.79. The van der Waals surface area contributed by atoms with Gasteiger partial charge in [0, 0.05) is 6.20 Å². The van der Waals surface area contributed by atoms with Crippen molar-refractivity contribution >= 4 is 29.6 Å². The molecular formula is C18H20ClN9O2. The van der Waals surface area contributed by atoms with Gasteiger partial charge in [0.05, 0.1) is 17.8 Å². The van der Waals surface area contributed by atoms with Crippen LogP contribution in [-0.4, -0.2) is 53.4 Å².